The van der Waals surface area contributed by atoms with E-state index in [4.69, 9.17) is 0 Å². The predicted octanol–water partition coefficient (Wildman–Crippen LogP) is 4.31. The Balaban J connectivity index is 1.88. The molecule has 0 bridgehead atoms. The van der Waals surface area contributed by atoms with Gasteiger partial charge in [0.1, 0.15) is 0 Å². The molecule has 0 heterocycles. The Morgan fingerprint density at radius 1 is 1.00 bits per heavy atom. The maximum absolute atomic E-state index is 11.8. The standard InChI is InChI=1S/C18H24O2/c19-18(20)17(14-7-2-1-3-8-14)16-11-10-13-6-4-5-9-15(13)12-16/h10-12,14,17H,1-9H2,(H,19,20). The third kappa shape index (κ3) is 2.74. The van der Waals surface area contributed by atoms with Crippen LogP contribution in [0.1, 0.15) is 67.6 Å². The van der Waals surface area contributed by atoms with Gasteiger partial charge in [0.2, 0.25) is 0 Å². The van der Waals surface area contributed by atoms with Crippen LogP contribution >= 0.6 is 0 Å². The smallest absolute Gasteiger partial charge is 0.311 e. The summed E-state index contributed by atoms with van der Waals surface area (Å²) in [7, 11) is 0. The van der Waals surface area contributed by atoms with E-state index in [0.29, 0.717) is 5.92 Å². The zero-order valence-corrected chi connectivity index (χ0v) is 12.1. The second-order valence-electron chi connectivity index (χ2n) is 6.45. The summed E-state index contributed by atoms with van der Waals surface area (Å²) in [6.45, 7) is 0. The summed E-state index contributed by atoms with van der Waals surface area (Å²) in [5, 5.41) is 9.68. The quantitative estimate of drug-likeness (QED) is 0.890. The molecule has 2 heteroatoms. The first kappa shape index (κ1) is 13.7. The number of hydrogen-bond donors (Lipinski definition) is 1. The summed E-state index contributed by atoms with van der Waals surface area (Å²) in [5.41, 5.74) is 3.88. The molecule has 1 unspecified atom stereocenters. The minimum absolute atomic E-state index is 0.289. The molecule has 1 N–H and O–H groups in total. The fourth-order valence-corrected chi connectivity index (χ4v) is 4.03. The lowest BCUT2D eigenvalue weighted by atomic mass is 9.76. The summed E-state index contributed by atoms with van der Waals surface area (Å²) in [5.74, 6) is -0.585. The highest BCUT2D eigenvalue weighted by molar-refractivity contribution is 5.76. The zero-order chi connectivity index (χ0) is 13.9. The van der Waals surface area contributed by atoms with Gasteiger partial charge < -0.3 is 5.11 Å². The predicted molar refractivity (Wildman–Crippen MR) is 80.0 cm³/mol. The number of benzene rings is 1. The Bertz CT molecular complexity index is 486. The summed E-state index contributed by atoms with van der Waals surface area (Å²) in [6.07, 6.45) is 10.6. The van der Waals surface area contributed by atoms with E-state index in [1.807, 2.05) is 0 Å². The summed E-state index contributed by atoms with van der Waals surface area (Å²) >= 11 is 0. The largest absolute Gasteiger partial charge is 0.481 e. The lowest BCUT2D eigenvalue weighted by Gasteiger charge is -2.28. The number of rotatable bonds is 3. The molecular formula is C18H24O2. The van der Waals surface area contributed by atoms with Gasteiger partial charge >= 0.3 is 5.97 Å². The van der Waals surface area contributed by atoms with Gasteiger partial charge in [-0.05, 0) is 61.1 Å². The van der Waals surface area contributed by atoms with E-state index in [-0.39, 0.29) is 5.92 Å². The molecule has 1 atom stereocenters. The van der Waals surface area contributed by atoms with Gasteiger partial charge in [-0.15, -0.1) is 0 Å². The maximum atomic E-state index is 11.8. The maximum Gasteiger partial charge on any atom is 0.311 e. The monoisotopic (exact) mass is 272 g/mol. The van der Waals surface area contributed by atoms with Crippen LogP contribution in [0.15, 0.2) is 18.2 Å². The fourth-order valence-electron chi connectivity index (χ4n) is 4.03. The van der Waals surface area contributed by atoms with Crippen molar-refractivity contribution in [3.8, 4) is 0 Å². The summed E-state index contributed by atoms with van der Waals surface area (Å²) < 4.78 is 0. The molecule has 0 aromatic heterocycles. The van der Waals surface area contributed by atoms with E-state index >= 15 is 0 Å². The average Bonchev–Trinajstić information content (AvgIpc) is 2.48. The number of hydrogen-bond acceptors (Lipinski definition) is 1. The van der Waals surface area contributed by atoms with Gasteiger partial charge in [0.15, 0.2) is 0 Å². The zero-order valence-electron chi connectivity index (χ0n) is 12.1. The Morgan fingerprint density at radius 2 is 1.70 bits per heavy atom. The third-order valence-corrected chi connectivity index (χ3v) is 5.12. The van der Waals surface area contributed by atoms with Gasteiger partial charge in [0.05, 0.1) is 5.92 Å². The van der Waals surface area contributed by atoms with Gasteiger partial charge in [0.25, 0.3) is 0 Å². The van der Waals surface area contributed by atoms with Crippen molar-refractivity contribution in [2.45, 2.75) is 63.7 Å². The topological polar surface area (TPSA) is 37.3 Å². The second-order valence-corrected chi connectivity index (χ2v) is 6.45. The van der Waals surface area contributed by atoms with Gasteiger partial charge in [0, 0.05) is 0 Å². The highest BCUT2D eigenvalue weighted by Crippen LogP contribution is 2.37. The molecule has 1 aromatic rings. The van der Waals surface area contributed by atoms with Gasteiger partial charge in [-0.1, -0.05) is 37.5 Å². The Kier molecular flexibility index (Phi) is 4.09. The molecule has 20 heavy (non-hydrogen) atoms. The van der Waals surface area contributed by atoms with Crippen LogP contribution in [0.25, 0.3) is 0 Å². The van der Waals surface area contributed by atoms with Crippen molar-refractivity contribution in [3.05, 3.63) is 34.9 Å². The molecule has 0 aliphatic heterocycles. The van der Waals surface area contributed by atoms with Crippen LogP contribution in [0.4, 0.5) is 0 Å². The van der Waals surface area contributed by atoms with Crippen LogP contribution in [-0.2, 0) is 17.6 Å². The Hall–Kier alpha value is -1.31. The van der Waals surface area contributed by atoms with E-state index in [1.54, 1.807) is 0 Å². The summed E-state index contributed by atoms with van der Waals surface area (Å²) in [6, 6.07) is 6.46. The first-order valence-electron chi connectivity index (χ1n) is 8.10. The first-order chi connectivity index (χ1) is 9.75. The Morgan fingerprint density at radius 3 is 2.40 bits per heavy atom. The highest BCUT2D eigenvalue weighted by Gasteiger charge is 2.31. The van der Waals surface area contributed by atoms with Crippen molar-refractivity contribution in [2.24, 2.45) is 5.92 Å². The van der Waals surface area contributed by atoms with Crippen molar-refractivity contribution in [3.63, 3.8) is 0 Å². The fraction of sp³-hybridized carbons (Fsp3) is 0.611. The van der Waals surface area contributed by atoms with Crippen molar-refractivity contribution in [1.82, 2.24) is 0 Å². The molecular weight excluding hydrogens is 248 g/mol. The minimum atomic E-state index is -0.632. The number of carbonyl (C=O) groups is 1. The molecule has 108 valence electrons. The molecule has 1 saturated carbocycles. The molecule has 1 aromatic carbocycles. The van der Waals surface area contributed by atoms with Crippen LogP contribution in [0.2, 0.25) is 0 Å². The van der Waals surface area contributed by atoms with Crippen LogP contribution in [0.3, 0.4) is 0 Å². The number of carboxylic acid groups (broad SMARTS) is 1. The van der Waals surface area contributed by atoms with Crippen molar-refractivity contribution in [2.75, 3.05) is 0 Å². The molecule has 1 fully saturated rings. The van der Waals surface area contributed by atoms with E-state index in [9.17, 15) is 9.90 Å². The number of fused-ring (bicyclic) bond motifs is 1. The summed E-state index contributed by atoms with van der Waals surface area (Å²) in [4.78, 5) is 11.8. The lowest BCUT2D eigenvalue weighted by Crippen LogP contribution is -2.24. The number of carboxylic acids is 1. The van der Waals surface area contributed by atoms with Crippen molar-refractivity contribution < 1.29 is 9.90 Å². The first-order valence-corrected chi connectivity index (χ1v) is 8.10. The van der Waals surface area contributed by atoms with Gasteiger partial charge in [-0.25, -0.2) is 0 Å². The molecule has 3 rings (SSSR count). The van der Waals surface area contributed by atoms with Crippen LogP contribution in [0, 0.1) is 5.92 Å². The lowest BCUT2D eigenvalue weighted by molar-refractivity contribution is -0.140. The van der Waals surface area contributed by atoms with E-state index in [1.165, 1.54) is 43.2 Å². The van der Waals surface area contributed by atoms with E-state index < -0.39 is 5.97 Å². The van der Waals surface area contributed by atoms with E-state index in [0.717, 1.165) is 31.2 Å². The molecule has 0 amide bonds. The normalized spacial score (nSPS) is 21.2. The Labute approximate surface area is 121 Å². The van der Waals surface area contributed by atoms with Crippen molar-refractivity contribution in [1.29, 1.82) is 0 Å². The minimum Gasteiger partial charge on any atom is -0.481 e. The highest BCUT2D eigenvalue weighted by atomic mass is 16.4. The molecule has 2 aliphatic rings. The van der Waals surface area contributed by atoms with Crippen molar-refractivity contribution >= 4 is 5.97 Å². The van der Waals surface area contributed by atoms with Crippen LogP contribution in [0.5, 0.6) is 0 Å². The van der Waals surface area contributed by atoms with Crippen LogP contribution < -0.4 is 0 Å². The van der Waals surface area contributed by atoms with Gasteiger partial charge in [-0.2, -0.15) is 0 Å². The molecule has 0 saturated heterocycles. The molecule has 0 spiro atoms. The average molecular weight is 272 g/mol. The molecule has 0 radical (unpaired) electrons. The SMILES string of the molecule is O=C(O)C(c1ccc2c(c1)CCCC2)C1CCCCC1. The van der Waals surface area contributed by atoms with E-state index in [2.05, 4.69) is 18.2 Å². The van der Waals surface area contributed by atoms with Gasteiger partial charge in [-0.3, -0.25) is 4.79 Å². The molecule has 2 nitrogen and oxygen atoms in total. The van der Waals surface area contributed by atoms with Crippen LogP contribution in [-0.4, -0.2) is 11.1 Å². The second kappa shape index (κ2) is 5.99. The number of aryl methyl sites for hydroxylation is 2. The third-order valence-electron chi connectivity index (χ3n) is 5.12. The molecule has 2 aliphatic carbocycles. The number of aliphatic carboxylic acids is 1.